The number of carbonyl (C=O) groups excluding carboxylic acids is 1. The van der Waals surface area contributed by atoms with Gasteiger partial charge in [0, 0.05) is 23.1 Å². The van der Waals surface area contributed by atoms with Gasteiger partial charge in [-0.1, -0.05) is 19.3 Å². The van der Waals surface area contributed by atoms with E-state index in [1.165, 1.54) is 50.6 Å². The van der Waals surface area contributed by atoms with Gasteiger partial charge in [0.25, 0.3) is 0 Å². The van der Waals surface area contributed by atoms with Gasteiger partial charge in [0.2, 0.25) is 0 Å². The van der Waals surface area contributed by atoms with Gasteiger partial charge in [-0.3, -0.25) is 4.79 Å². The molecule has 114 valence electrons. The Bertz CT molecular complexity index is 524. The van der Waals surface area contributed by atoms with E-state index in [1.807, 2.05) is 12.1 Å². The predicted octanol–water partition coefficient (Wildman–Crippen LogP) is 5.20. The first-order valence-corrected chi connectivity index (χ1v) is 8.94. The summed E-state index contributed by atoms with van der Waals surface area (Å²) >= 11 is 3.64. The largest absolute Gasteiger partial charge is 0.371 e. The third-order valence-corrected chi connectivity index (χ3v) is 6.07. The lowest BCUT2D eigenvalue weighted by molar-refractivity contribution is 0.101. The lowest BCUT2D eigenvalue weighted by Gasteiger charge is -2.45. The van der Waals surface area contributed by atoms with E-state index < -0.39 is 0 Å². The molecule has 0 atom stereocenters. The number of benzene rings is 1. The van der Waals surface area contributed by atoms with E-state index in [0.717, 1.165) is 23.1 Å². The highest BCUT2D eigenvalue weighted by atomic mass is 79.9. The van der Waals surface area contributed by atoms with Crippen molar-refractivity contribution < 1.29 is 4.79 Å². The summed E-state index contributed by atoms with van der Waals surface area (Å²) in [6, 6.07) is 6.01. The van der Waals surface area contributed by atoms with Gasteiger partial charge in [0.1, 0.15) is 0 Å². The first kappa shape index (κ1) is 15.1. The van der Waals surface area contributed by atoms with E-state index in [4.69, 9.17) is 0 Å². The summed E-state index contributed by atoms with van der Waals surface area (Å²) in [6.07, 6.45) is 9.82. The third kappa shape index (κ3) is 3.18. The highest BCUT2D eigenvalue weighted by Crippen LogP contribution is 2.45. The quantitative estimate of drug-likeness (QED) is 0.683. The molecule has 1 aliphatic heterocycles. The van der Waals surface area contributed by atoms with E-state index >= 15 is 0 Å². The van der Waals surface area contributed by atoms with Crippen molar-refractivity contribution in [1.82, 2.24) is 0 Å². The number of nitrogens with zero attached hydrogens (tertiary/aromatic N) is 1. The van der Waals surface area contributed by atoms with Crippen LogP contribution in [0.2, 0.25) is 0 Å². The standard InChI is InChI=1S/C18H24BrNO/c1-14(21)15-5-6-17(16(19)13-15)20-11-9-18(10-12-20)7-3-2-4-8-18/h5-6,13H,2-4,7-12H2,1H3. The van der Waals surface area contributed by atoms with Crippen molar-refractivity contribution >= 4 is 27.4 Å². The Morgan fingerprint density at radius 2 is 1.76 bits per heavy atom. The fraction of sp³-hybridized carbons (Fsp3) is 0.611. The molecule has 1 saturated carbocycles. The van der Waals surface area contributed by atoms with Crippen molar-refractivity contribution in [3.05, 3.63) is 28.2 Å². The number of piperidine rings is 1. The van der Waals surface area contributed by atoms with Gasteiger partial charge in [0.05, 0.1) is 5.69 Å². The number of anilines is 1. The van der Waals surface area contributed by atoms with Crippen LogP contribution < -0.4 is 4.90 Å². The van der Waals surface area contributed by atoms with Gasteiger partial charge in [-0.15, -0.1) is 0 Å². The number of hydrogen-bond donors (Lipinski definition) is 0. The van der Waals surface area contributed by atoms with Crippen molar-refractivity contribution in [1.29, 1.82) is 0 Å². The molecule has 0 aromatic heterocycles. The summed E-state index contributed by atoms with van der Waals surface area (Å²) in [4.78, 5) is 13.9. The molecule has 3 heteroatoms. The van der Waals surface area contributed by atoms with Crippen LogP contribution in [0.15, 0.2) is 22.7 Å². The first-order valence-electron chi connectivity index (χ1n) is 8.15. The molecule has 2 aliphatic rings. The molecule has 2 fully saturated rings. The number of hydrogen-bond acceptors (Lipinski definition) is 2. The Balaban J connectivity index is 1.70. The minimum Gasteiger partial charge on any atom is -0.371 e. The molecular weight excluding hydrogens is 326 g/mol. The van der Waals surface area contributed by atoms with Gasteiger partial charge in [-0.05, 0) is 72.2 Å². The van der Waals surface area contributed by atoms with Crippen LogP contribution in [-0.2, 0) is 0 Å². The monoisotopic (exact) mass is 349 g/mol. The fourth-order valence-corrected chi connectivity index (χ4v) is 4.64. The second kappa shape index (κ2) is 6.12. The molecule has 2 nitrogen and oxygen atoms in total. The van der Waals surface area contributed by atoms with Crippen LogP contribution in [0.5, 0.6) is 0 Å². The van der Waals surface area contributed by atoms with Crippen LogP contribution in [0.3, 0.4) is 0 Å². The number of ketones is 1. The summed E-state index contributed by atoms with van der Waals surface area (Å²) < 4.78 is 1.05. The zero-order chi connectivity index (χ0) is 14.9. The Kier molecular flexibility index (Phi) is 4.39. The lowest BCUT2D eigenvalue weighted by atomic mass is 9.68. The summed E-state index contributed by atoms with van der Waals surface area (Å²) in [5, 5.41) is 0. The highest BCUT2D eigenvalue weighted by molar-refractivity contribution is 9.10. The Morgan fingerprint density at radius 3 is 2.33 bits per heavy atom. The molecule has 0 N–H and O–H groups in total. The molecule has 0 amide bonds. The maximum absolute atomic E-state index is 11.5. The van der Waals surface area contributed by atoms with Crippen molar-refractivity contribution in [3.63, 3.8) is 0 Å². The van der Waals surface area contributed by atoms with Crippen molar-refractivity contribution in [3.8, 4) is 0 Å². The Hall–Kier alpha value is -0.830. The van der Waals surface area contributed by atoms with E-state index in [2.05, 4.69) is 26.9 Å². The molecule has 1 spiro atoms. The van der Waals surface area contributed by atoms with Gasteiger partial charge >= 0.3 is 0 Å². The second-order valence-electron chi connectivity index (χ2n) is 6.77. The van der Waals surface area contributed by atoms with Gasteiger partial charge in [-0.2, -0.15) is 0 Å². The van der Waals surface area contributed by atoms with Crippen LogP contribution in [0.25, 0.3) is 0 Å². The van der Waals surface area contributed by atoms with E-state index in [9.17, 15) is 4.79 Å². The molecular formula is C18H24BrNO. The SMILES string of the molecule is CC(=O)c1ccc(N2CCC3(CCCCC3)CC2)c(Br)c1. The van der Waals surface area contributed by atoms with E-state index in [0.29, 0.717) is 5.41 Å². The predicted molar refractivity (Wildman–Crippen MR) is 91.1 cm³/mol. The maximum atomic E-state index is 11.5. The van der Waals surface area contributed by atoms with Gasteiger partial charge < -0.3 is 4.90 Å². The van der Waals surface area contributed by atoms with E-state index in [1.54, 1.807) is 6.92 Å². The van der Waals surface area contributed by atoms with Crippen LogP contribution >= 0.6 is 15.9 Å². The normalized spacial score (nSPS) is 21.5. The smallest absolute Gasteiger partial charge is 0.159 e. The van der Waals surface area contributed by atoms with Gasteiger partial charge in [-0.25, -0.2) is 0 Å². The van der Waals surface area contributed by atoms with Crippen LogP contribution in [0, 0.1) is 5.41 Å². The lowest BCUT2D eigenvalue weighted by Crippen LogP contribution is -2.41. The highest BCUT2D eigenvalue weighted by Gasteiger charge is 2.35. The van der Waals surface area contributed by atoms with Crippen molar-refractivity contribution in [2.75, 3.05) is 18.0 Å². The summed E-state index contributed by atoms with van der Waals surface area (Å²) in [5.41, 5.74) is 2.66. The van der Waals surface area contributed by atoms with Crippen LogP contribution in [-0.4, -0.2) is 18.9 Å². The minimum atomic E-state index is 0.127. The summed E-state index contributed by atoms with van der Waals surface area (Å²) in [5.74, 6) is 0.127. The molecule has 21 heavy (non-hydrogen) atoms. The molecule has 0 bridgehead atoms. The molecule has 0 unspecified atom stereocenters. The molecule has 1 aromatic rings. The number of halogens is 1. The second-order valence-corrected chi connectivity index (χ2v) is 7.62. The topological polar surface area (TPSA) is 20.3 Å². The first-order chi connectivity index (χ1) is 10.1. The van der Waals surface area contributed by atoms with Crippen LogP contribution in [0.1, 0.15) is 62.2 Å². The molecule has 1 saturated heterocycles. The Labute approximate surface area is 136 Å². The number of carbonyl (C=O) groups is 1. The minimum absolute atomic E-state index is 0.127. The summed E-state index contributed by atoms with van der Waals surface area (Å²) in [6.45, 7) is 3.92. The van der Waals surface area contributed by atoms with Crippen molar-refractivity contribution in [2.24, 2.45) is 5.41 Å². The maximum Gasteiger partial charge on any atom is 0.159 e. The Morgan fingerprint density at radius 1 is 1.10 bits per heavy atom. The summed E-state index contributed by atoms with van der Waals surface area (Å²) in [7, 11) is 0. The van der Waals surface area contributed by atoms with Gasteiger partial charge in [0.15, 0.2) is 5.78 Å². The third-order valence-electron chi connectivity index (χ3n) is 5.43. The zero-order valence-electron chi connectivity index (χ0n) is 12.8. The molecule has 3 rings (SSSR count). The fourth-order valence-electron chi connectivity index (χ4n) is 4.01. The number of Topliss-reactive ketones (excluding diaryl/α,β-unsaturated/α-hetero) is 1. The molecule has 0 radical (unpaired) electrons. The molecule has 1 aromatic carbocycles. The average molecular weight is 350 g/mol. The number of rotatable bonds is 2. The van der Waals surface area contributed by atoms with E-state index in [-0.39, 0.29) is 5.78 Å². The van der Waals surface area contributed by atoms with Crippen LogP contribution in [0.4, 0.5) is 5.69 Å². The zero-order valence-corrected chi connectivity index (χ0v) is 14.4. The molecule has 1 heterocycles. The average Bonchev–Trinajstić information content (AvgIpc) is 2.49. The van der Waals surface area contributed by atoms with Crippen molar-refractivity contribution in [2.45, 2.75) is 51.9 Å². The molecule has 1 aliphatic carbocycles.